The zero-order valence-electron chi connectivity index (χ0n) is 19.7. The van der Waals surface area contributed by atoms with Gasteiger partial charge >= 0.3 is 6.09 Å². The summed E-state index contributed by atoms with van der Waals surface area (Å²) in [6.45, 7) is 9.50. The second kappa shape index (κ2) is 8.54. The number of amides is 1. The smallest absolute Gasteiger partial charge is 0.405 e. The van der Waals surface area contributed by atoms with Gasteiger partial charge in [-0.1, -0.05) is 51.1 Å². The van der Waals surface area contributed by atoms with Crippen molar-refractivity contribution in [3.8, 4) is 11.5 Å². The number of primary amides is 1. The molecule has 0 aliphatic carbocycles. The van der Waals surface area contributed by atoms with Gasteiger partial charge in [0.2, 0.25) is 0 Å². The number of fused-ring (bicyclic) bond motifs is 1. The van der Waals surface area contributed by atoms with Crippen molar-refractivity contribution in [1.82, 2.24) is 0 Å². The summed E-state index contributed by atoms with van der Waals surface area (Å²) in [5, 5.41) is 11.1. The van der Waals surface area contributed by atoms with Crippen LogP contribution in [0.2, 0.25) is 0 Å². The Kier molecular flexibility index (Phi) is 6.33. The number of carbonyl (C=O) groups is 1. The highest BCUT2D eigenvalue weighted by Crippen LogP contribution is 2.54. The van der Waals surface area contributed by atoms with Crippen LogP contribution in [0.3, 0.4) is 0 Å². The average Bonchev–Trinajstić information content (AvgIpc) is 2.70. The summed E-state index contributed by atoms with van der Waals surface area (Å²) in [6, 6.07) is 10.1. The molecule has 0 bridgehead atoms. The van der Waals surface area contributed by atoms with Crippen LogP contribution in [0.15, 0.2) is 30.3 Å². The molecule has 7 nitrogen and oxygen atoms in total. The third-order valence-corrected chi connectivity index (χ3v) is 5.94. The number of methoxy groups -OCH3 is 1. The van der Waals surface area contributed by atoms with Crippen LogP contribution in [0, 0.1) is 0 Å². The lowest BCUT2D eigenvalue weighted by Gasteiger charge is -2.44. The molecule has 1 aliphatic rings. The first kappa shape index (κ1) is 23.7. The number of ether oxygens (including phenoxy) is 3. The molecule has 2 aromatic rings. The van der Waals surface area contributed by atoms with Crippen molar-refractivity contribution < 1.29 is 24.1 Å². The van der Waals surface area contributed by atoms with Crippen molar-refractivity contribution in [3.63, 3.8) is 0 Å². The van der Waals surface area contributed by atoms with E-state index in [0.717, 1.165) is 23.1 Å². The first-order chi connectivity index (χ1) is 14.9. The number of carbonyl (C=O) groups excluding carboxylic acids is 1. The molecule has 3 rings (SSSR count). The maximum absolute atomic E-state index is 11.8. The summed E-state index contributed by atoms with van der Waals surface area (Å²) in [5.41, 5.74) is 14.2. The van der Waals surface area contributed by atoms with Crippen molar-refractivity contribution in [2.45, 2.75) is 70.7 Å². The molecule has 0 saturated heterocycles. The lowest BCUT2D eigenvalue weighted by Crippen LogP contribution is -2.51. The van der Waals surface area contributed by atoms with E-state index in [0.29, 0.717) is 29.2 Å². The monoisotopic (exact) mass is 442 g/mol. The van der Waals surface area contributed by atoms with Gasteiger partial charge in [-0.3, -0.25) is 0 Å². The number of hydrogen-bond acceptors (Lipinski definition) is 6. The summed E-state index contributed by atoms with van der Waals surface area (Å²) < 4.78 is 17.6. The Labute approximate surface area is 189 Å². The Bertz CT molecular complexity index is 996. The molecule has 0 fully saturated rings. The topological polar surface area (TPSA) is 117 Å². The van der Waals surface area contributed by atoms with Crippen molar-refractivity contribution >= 4 is 11.8 Å². The Balaban J connectivity index is 2.30. The van der Waals surface area contributed by atoms with Gasteiger partial charge in [-0.05, 0) is 37.7 Å². The highest BCUT2D eigenvalue weighted by molar-refractivity contribution is 5.74. The number of nitrogens with two attached hydrogens (primary N) is 2. The number of aliphatic hydroxyl groups excluding tert-OH is 1. The quantitative estimate of drug-likeness (QED) is 0.602. The van der Waals surface area contributed by atoms with E-state index in [2.05, 4.69) is 12.1 Å². The lowest BCUT2D eigenvalue weighted by molar-refractivity contribution is -0.113. The first-order valence-electron chi connectivity index (χ1n) is 10.8. The van der Waals surface area contributed by atoms with E-state index in [-0.39, 0.29) is 0 Å². The number of hydrogen-bond donors (Lipinski definition) is 3. The predicted octanol–water partition coefficient (Wildman–Crippen LogP) is 4.03. The summed E-state index contributed by atoms with van der Waals surface area (Å²) in [4.78, 5) is 11.8. The second-order valence-electron chi connectivity index (χ2n) is 9.79. The molecule has 174 valence electrons. The Hall–Kier alpha value is -2.93. The van der Waals surface area contributed by atoms with Gasteiger partial charge in [-0.15, -0.1) is 0 Å². The van der Waals surface area contributed by atoms with Crippen molar-refractivity contribution in [2.24, 2.45) is 5.73 Å². The molecule has 7 heteroatoms. The number of anilines is 1. The Morgan fingerprint density at radius 3 is 2.34 bits per heavy atom. The lowest BCUT2D eigenvalue weighted by atomic mass is 9.75. The van der Waals surface area contributed by atoms with E-state index in [9.17, 15) is 9.90 Å². The highest BCUT2D eigenvalue weighted by Gasteiger charge is 2.49. The molecule has 2 aromatic carbocycles. The van der Waals surface area contributed by atoms with Crippen molar-refractivity contribution in [3.05, 3.63) is 52.6 Å². The molecule has 0 radical (unpaired) electrons. The molecule has 0 unspecified atom stereocenters. The van der Waals surface area contributed by atoms with Gasteiger partial charge in [-0.25, -0.2) is 4.79 Å². The van der Waals surface area contributed by atoms with Crippen LogP contribution in [-0.4, -0.2) is 30.0 Å². The van der Waals surface area contributed by atoms with Crippen LogP contribution in [0.1, 0.15) is 63.0 Å². The van der Waals surface area contributed by atoms with Crippen LogP contribution in [0.25, 0.3) is 0 Å². The summed E-state index contributed by atoms with van der Waals surface area (Å²) in [6.07, 6.45) is -1.83. The second-order valence-corrected chi connectivity index (χ2v) is 9.79. The maximum Gasteiger partial charge on any atom is 0.405 e. The molecule has 1 heterocycles. The van der Waals surface area contributed by atoms with Gasteiger partial charge in [0.05, 0.1) is 12.8 Å². The molecule has 2 atom stereocenters. The van der Waals surface area contributed by atoms with Crippen LogP contribution in [0.4, 0.5) is 10.5 Å². The van der Waals surface area contributed by atoms with Gasteiger partial charge in [0.1, 0.15) is 23.2 Å². The van der Waals surface area contributed by atoms with Crippen LogP contribution < -0.4 is 20.9 Å². The fourth-order valence-electron chi connectivity index (χ4n) is 4.39. The molecule has 1 amide bonds. The number of benzene rings is 2. The minimum absolute atomic E-state index is 0.453. The fraction of sp³-hybridized carbons (Fsp3) is 0.480. The number of rotatable bonds is 5. The van der Waals surface area contributed by atoms with E-state index in [4.69, 9.17) is 25.7 Å². The summed E-state index contributed by atoms with van der Waals surface area (Å²) in [5.74, 6) is 1.01. The normalized spacial score (nSPS) is 19.6. The van der Waals surface area contributed by atoms with E-state index >= 15 is 0 Å². The Morgan fingerprint density at radius 1 is 1.19 bits per heavy atom. The average molecular weight is 443 g/mol. The Morgan fingerprint density at radius 2 is 1.81 bits per heavy atom. The summed E-state index contributed by atoms with van der Waals surface area (Å²) >= 11 is 0. The van der Waals surface area contributed by atoms with Gasteiger partial charge < -0.3 is 30.8 Å². The predicted molar refractivity (Wildman–Crippen MR) is 124 cm³/mol. The molecule has 32 heavy (non-hydrogen) atoms. The SMILES string of the molecule is COc1c(N)c(CCc2ccccc2)c2c(c1C(C)(C)C)[C@H](OC(N)=O)[C@@H](O)C(C)(C)O2. The van der Waals surface area contributed by atoms with E-state index < -0.39 is 29.3 Å². The molecule has 0 aromatic heterocycles. The zero-order valence-corrected chi connectivity index (χ0v) is 19.7. The minimum Gasteiger partial charge on any atom is -0.494 e. The molecule has 0 saturated carbocycles. The van der Waals surface area contributed by atoms with Gasteiger partial charge in [-0.2, -0.15) is 0 Å². The van der Waals surface area contributed by atoms with E-state index in [1.54, 1.807) is 21.0 Å². The minimum atomic E-state index is -1.14. The van der Waals surface area contributed by atoms with Gasteiger partial charge in [0.15, 0.2) is 6.10 Å². The van der Waals surface area contributed by atoms with Crippen LogP contribution in [0.5, 0.6) is 11.5 Å². The number of nitrogen functional groups attached to an aromatic ring is 1. The van der Waals surface area contributed by atoms with Gasteiger partial charge in [0, 0.05) is 16.7 Å². The largest absolute Gasteiger partial charge is 0.494 e. The number of aliphatic hydroxyl groups is 1. The van der Waals surface area contributed by atoms with E-state index in [1.807, 2.05) is 39.0 Å². The van der Waals surface area contributed by atoms with Gasteiger partial charge in [0.25, 0.3) is 0 Å². The van der Waals surface area contributed by atoms with Crippen molar-refractivity contribution in [2.75, 3.05) is 12.8 Å². The van der Waals surface area contributed by atoms with Crippen LogP contribution >= 0.6 is 0 Å². The fourth-order valence-corrected chi connectivity index (χ4v) is 4.39. The molecular weight excluding hydrogens is 408 g/mol. The molecular formula is C25H34N2O5. The standard InChI is InChI=1S/C25H34N2O5/c1-24(2,3)17-16-19(32-25(4,5)22(28)20(16)31-23(27)29)15(18(26)21(17)30-6)13-12-14-10-8-7-9-11-14/h7-11,20,22,28H,12-13,26H2,1-6H3,(H2,27,29)/t20-,22+/m0/s1. The van der Waals surface area contributed by atoms with E-state index in [1.165, 1.54) is 0 Å². The highest BCUT2D eigenvalue weighted by atomic mass is 16.6. The zero-order chi connectivity index (χ0) is 23.8. The molecule has 5 N–H and O–H groups in total. The summed E-state index contributed by atoms with van der Waals surface area (Å²) in [7, 11) is 1.56. The number of aryl methyl sites for hydroxylation is 1. The molecule has 0 spiro atoms. The molecule has 1 aliphatic heterocycles. The third-order valence-electron chi connectivity index (χ3n) is 5.94. The first-order valence-corrected chi connectivity index (χ1v) is 10.8. The van der Waals surface area contributed by atoms with Crippen LogP contribution in [-0.2, 0) is 23.0 Å². The maximum atomic E-state index is 11.8. The van der Waals surface area contributed by atoms with Crippen molar-refractivity contribution in [1.29, 1.82) is 0 Å². The third kappa shape index (κ3) is 4.35.